The van der Waals surface area contributed by atoms with Gasteiger partial charge in [-0.1, -0.05) is 182 Å². The first kappa shape index (κ1) is 34.5. The maximum absolute atomic E-state index is 5.49. The molecule has 3 aromatic heterocycles. The molecular formula is C58H36N4. The second kappa shape index (κ2) is 13.6. The zero-order valence-corrected chi connectivity index (χ0v) is 33.6. The van der Waals surface area contributed by atoms with Gasteiger partial charge in [0, 0.05) is 43.6 Å². The average Bonchev–Trinajstić information content (AvgIpc) is 3.88. The number of para-hydroxylation sites is 2. The van der Waals surface area contributed by atoms with Crippen LogP contribution in [-0.4, -0.2) is 19.1 Å². The molecule has 0 aliphatic carbocycles. The van der Waals surface area contributed by atoms with Gasteiger partial charge in [0.05, 0.1) is 33.3 Å². The van der Waals surface area contributed by atoms with Gasteiger partial charge in [0.2, 0.25) is 5.95 Å². The quantitative estimate of drug-likeness (QED) is 0.163. The number of hydrogen-bond donors (Lipinski definition) is 0. The van der Waals surface area contributed by atoms with Gasteiger partial charge in [0.15, 0.2) is 0 Å². The van der Waals surface area contributed by atoms with Crippen LogP contribution >= 0.6 is 0 Å². The zero-order chi connectivity index (χ0) is 40.7. The molecule has 0 radical (unpaired) electrons. The maximum Gasteiger partial charge on any atom is 0.235 e. The van der Waals surface area contributed by atoms with Gasteiger partial charge in [-0.2, -0.15) is 0 Å². The van der Waals surface area contributed by atoms with Crippen molar-refractivity contribution < 1.29 is 0 Å². The van der Waals surface area contributed by atoms with Crippen LogP contribution in [0.1, 0.15) is 0 Å². The molecule has 0 spiro atoms. The Kier molecular flexibility index (Phi) is 7.57. The van der Waals surface area contributed by atoms with E-state index in [1.165, 1.54) is 65.5 Å². The van der Waals surface area contributed by atoms with Gasteiger partial charge in [-0.3, -0.25) is 4.57 Å². The Balaban J connectivity index is 1.14. The fourth-order valence-corrected chi connectivity index (χ4v) is 9.99. The van der Waals surface area contributed by atoms with Gasteiger partial charge in [-0.25, -0.2) is 9.97 Å². The van der Waals surface area contributed by atoms with Crippen molar-refractivity contribution in [3.05, 3.63) is 218 Å². The molecular weight excluding hydrogens is 753 g/mol. The highest BCUT2D eigenvalue weighted by Gasteiger charge is 2.25. The lowest BCUT2D eigenvalue weighted by Crippen LogP contribution is -2.03. The van der Waals surface area contributed by atoms with Gasteiger partial charge in [0.25, 0.3) is 0 Å². The van der Waals surface area contributed by atoms with E-state index < -0.39 is 0 Å². The van der Waals surface area contributed by atoms with E-state index in [4.69, 9.17) is 9.97 Å². The van der Waals surface area contributed by atoms with E-state index >= 15 is 0 Å². The molecule has 0 unspecified atom stereocenters. The van der Waals surface area contributed by atoms with Crippen LogP contribution in [-0.2, 0) is 0 Å². The Bertz CT molecular complexity index is 3900. The van der Waals surface area contributed by atoms with Crippen LogP contribution in [0.25, 0.3) is 121 Å². The Hall–Kier alpha value is -8.34. The third-order valence-electron chi connectivity index (χ3n) is 12.7. The van der Waals surface area contributed by atoms with Gasteiger partial charge in [-0.05, 0) is 74.8 Å². The highest BCUT2D eigenvalue weighted by Crippen LogP contribution is 2.47. The highest BCUT2D eigenvalue weighted by molar-refractivity contribution is 6.38. The summed E-state index contributed by atoms with van der Waals surface area (Å²) in [5.74, 6) is 0.644. The van der Waals surface area contributed by atoms with Crippen LogP contribution in [0.2, 0.25) is 0 Å². The highest BCUT2D eigenvalue weighted by atomic mass is 15.2. The molecule has 0 N–H and O–H groups in total. The van der Waals surface area contributed by atoms with Crippen molar-refractivity contribution in [2.75, 3.05) is 0 Å². The van der Waals surface area contributed by atoms with E-state index in [2.05, 4.69) is 228 Å². The monoisotopic (exact) mass is 788 g/mol. The molecule has 4 nitrogen and oxygen atoms in total. The topological polar surface area (TPSA) is 35.6 Å². The minimum atomic E-state index is 0.644. The summed E-state index contributed by atoms with van der Waals surface area (Å²) in [6, 6.07) is 78.5. The molecule has 3 heterocycles. The van der Waals surface area contributed by atoms with Crippen molar-refractivity contribution in [3.63, 3.8) is 0 Å². The van der Waals surface area contributed by atoms with E-state index in [1.807, 2.05) is 0 Å². The smallest absolute Gasteiger partial charge is 0.235 e. The molecule has 10 aromatic carbocycles. The summed E-state index contributed by atoms with van der Waals surface area (Å²) in [6.07, 6.45) is 0. The van der Waals surface area contributed by atoms with Crippen molar-refractivity contribution in [1.29, 1.82) is 0 Å². The largest absolute Gasteiger partial charge is 0.309 e. The molecule has 0 saturated carbocycles. The van der Waals surface area contributed by atoms with Crippen LogP contribution < -0.4 is 0 Å². The molecule has 13 aromatic rings. The van der Waals surface area contributed by atoms with E-state index in [9.17, 15) is 0 Å². The van der Waals surface area contributed by atoms with Crippen LogP contribution in [0.4, 0.5) is 0 Å². The molecule has 0 fully saturated rings. The van der Waals surface area contributed by atoms with E-state index in [0.717, 1.165) is 49.8 Å². The van der Waals surface area contributed by atoms with Crippen LogP contribution in [0, 0.1) is 0 Å². The van der Waals surface area contributed by atoms with Gasteiger partial charge in [-0.15, -0.1) is 0 Å². The zero-order valence-electron chi connectivity index (χ0n) is 33.6. The first-order valence-corrected chi connectivity index (χ1v) is 21.2. The Morgan fingerprint density at radius 2 is 0.823 bits per heavy atom. The summed E-state index contributed by atoms with van der Waals surface area (Å²) in [6.45, 7) is 0. The van der Waals surface area contributed by atoms with E-state index in [-0.39, 0.29) is 0 Å². The van der Waals surface area contributed by atoms with Crippen molar-refractivity contribution in [3.8, 4) is 45.1 Å². The van der Waals surface area contributed by atoms with Crippen molar-refractivity contribution in [2.24, 2.45) is 0 Å². The average molecular weight is 789 g/mol. The van der Waals surface area contributed by atoms with Crippen LogP contribution in [0.3, 0.4) is 0 Å². The summed E-state index contributed by atoms with van der Waals surface area (Å²) in [4.78, 5) is 10.8. The van der Waals surface area contributed by atoms with Crippen molar-refractivity contribution >= 4 is 76.1 Å². The normalized spacial score (nSPS) is 11.9. The van der Waals surface area contributed by atoms with Crippen LogP contribution in [0.5, 0.6) is 0 Å². The minimum absolute atomic E-state index is 0.644. The van der Waals surface area contributed by atoms with Gasteiger partial charge < -0.3 is 4.57 Å². The first-order valence-electron chi connectivity index (χ1n) is 21.2. The number of nitrogens with zero attached hydrogens (tertiary/aromatic N) is 4. The molecule has 0 bridgehead atoms. The SMILES string of the molecule is c1ccc(-c2ccc(-c3nc(-n4c5ccccc5c5c6c7c8ccccc8c8ccccc8c7n(-c7cccc(-c8ccccc8)c7)c6ccc54)nc4ccccc34)cc2)cc1. The fourth-order valence-electron chi connectivity index (χ4n) is 9.99. The minimum Gasteiger partial charge on any atom is -0.309 e. The summed E-state index contributed by atoms with van der Waals surface area (Å²) in [5, 5.41) is 10.8. The van der Waals surface area contributed by atoms with Crippen LogP contribution in [0.15, 0.2) is 218 Å². The summed E-state index contributed by atoms with van der Waals surface area (Å²) in [5.41, 5.74) is 13.2. The molecule has 0 aliphatic rings. The van der Waals surface area contributed by atoms with E-state index in [1.54, 1.807) is 0 Å². The van der Waals surface area contributed by atoms with Crippen molar-refractivity contribution in [1.82, 2.24) is 19.1 Å². The lowest BCUT2D eigenvalue weighted by atomic mass is 9.95. The second-order valence-electron chi connectivity index (χ2n) is 16.1. The number of aromatic nitrogens is 4. The van der Waals surface area contributed by atoms with E-state index in [0.29, 0.717) is 5.95 Å². The second-order valence-corrected chi connectivity index (χ2v) is 16.1. The third-order valence-corrected chi connectivity index (χ3v) is 12.7. The molecule has 62 heavy (non-hydrogen) atoms. The first-order chi connectivity index (χ1) is 30.8. The molecule has 13 rings (SSSR count). The predicted molar refractivity (Wildman–Crippen MR) is 260 cm³/mol. The molecule has 0 amide bonds. The Morgan fingerprint density at radius 3 is 1.56 bits per heavy atom. The Labute approximate surface area is 357 Å². The summed E-state index contributed by atoms with van der Waals surface area (Å²) in [7, 11) is 0. The maximum atomic E-state index is 5.49. The lowest BCUT2D eigenvalue weighted by molar-refractivity contribution is 1.01. The van der Waals surface area contributed by atoms with Gasteiger partial charge in [0.1, 0.15) is 0 Å². The standard InChI is InChI=1S/C58H36N4/c1-3-16-37(17-4-1)39-30-32-40(33-31-39)56-47-26-11-13-28-49(47)59-58(60-56)62-50-29-14-12-27-48(50)53-51(62)34-35-52-55(53)54-45-24-9-7-22-43(45)44-23-8-10-25-46(44)57(54)61(52)42-21-15-20-41(36-42)38-18-5-2-6-19-38/h1-36H. The number of benzene rings is 10. The molecule has 0 atom stereocenters. The summed E-state index contributed by atoms with van der Waals surface area (Å²) < 4.78 is 4.78. The molecule has 0 saturated heterocycles. The van der Waals surface area contributed by atoms with Gasteiger partial charge >= 0.3 is 0 Å². The number of rotatable bonds is 5. The molecule has 4 heteroatoms. The Morgan fingerprint density at radius 1 is 0.290 bits per heavy atom. The predicted octanol–water partition coefficient (Wildman–Crippen LogP) is 15.1. The number of hydrogen-bond acceptors (Lipinski definition) is 2. The number of fused-ring (bicyclic) bond motifs is 13. The lowest BCUT2D eigenvalue weighted by Gasteiger charge is -2.13. The summed E-state index contributed by atoms with van der Waals surface area (Å²) >= 11 is 0. The molecule has 0 aliphatic heterocycles. The third kappa shape index (κ3) is 5.14. The molecule has 288 valence electrons. The fraction of sp³-hybridized carbons (Fsp3) is 0. The van der Waals surface area contributed by atoms with Crippen molar-refractivity contribution in [2.45, 2.75) is 0 Å².